The lowest BCUT2D eigenvalue weighted by molar-refractivity contribution is -0.384. The molecule has 0 aromatic heterocycles. The zero-order chi connectivity index (χ0) is 15.3. The normalized spacial score (nSPS) is 11.2. The van der Waals surface area contributed by atoms with E-state index < -0.39 is 47.0 Å². The van der Waals surface area contributed by atoms with Crippen molar-refractivity contribution in [3.05, 3.63) is 33.9 Å². The Balaban J connectivity index is 2.63. The van der Waals surface area contributed by atoms with E-state index in [1.165, 1.54) is 0 Å². The van der Waals surface area contributed by atoms with Crippen LogP contribution in [-0.4, -0.2) is 28.7 Å². The number of phenolic OH excluding ortho intramolecular Hbond substituents is 1. The van der Waals surface area contributed by atoms with E-state index in [0.29, 0.717) is 0 Å². The van der Waals surface area contributed by atoms with Crippen molar-refractivity contribution in [2.45, 2.75) is 12.6 Å². The number of benzene rings is 1. The summed E-state index contributed by atoms with van der Waals surface area (Å²) in [4.78, 5) is 25.4. The molecule has 0 bridgehead atoms. The average molecular weight is 294 g/mol. The summed E-state index contributed by atoms with van der Waals surface area (Å²) >= 11 is 0. The number of carbonyl (C=O) groups excluding carboxylic acids is 1. The number of nitro benzene ring substituents is 1. The first-order chi connectivity index (χ1) is 9.20. The molecule has 1 aromatic rings. The molecular formula is C10H9F3N2O5. The van der Waals surface area contributed by atoms with Gasteiger partial charge in [-0.2, -0.15) is 13.2 Å². The van der Waals surface area contributed by atoms with E-state index >= 15 is 0 Å². The van der Waals surface area contributed by atoms with Gasteiger partial charge < -0.3 is 5.11 Å². The number of nitro groups is 1. The molecule has 7 nitrogen and oxygen atoms in total. The summed E-state index contributed by atoms with van der Waals surface area (Å²) in [5.74, 6) is -1.65. The van der Waals surface area contributed by atoms with Crippen LogP contribution >= 0.6 is 0 Å². The number of hydrogen-bond donors (Lipinski definition) is 2. The summed E-state index contributed by atoms with van der Waals surface area (Å²) < 4.78 is 35.4. The number of alkyl halides is 3. The van der Waals surface area contributed by atoms with Gasteiger partial charge in [0.2, 0.25) is 0 Å². The summed E-state index contributed by atoms with van der Waals surface area (Å²) in [7, 11) is 0. The van der Waals surface area contributed by atoms with Crippen LogP contribution in [-0.2, 0) is 4.84 Å². The third kappa shape index (κ3) is 4.72. The second-order valence-electron chi connectivity index (χ2n) is 3.60. The molecule has 2 N–H and O–H groups in total. The Labute approximate surface area is 110 Å². The fourth-order valence-electron chi connectivity index (χ4n) is 1.16. The maximum Gasteiger partial charge on any atom is 0.391 e. The van der Waals surface area contributed by atoms with E-state index in [2.05, 4.69) is 4.84 Å². The molecule has 0 atom stereocenters. The van der Waals surface area contributed by atoms with Crippen molar-refractivity contribution < 1.29 is 32.8 Å². The van der Waals surface area contributed by atoms with Crippen molar-refractivity contribution in [3.8, 4) is 5.75 Å². The van der Waals surface area contributed by atoms with Gasteiger partial charge in [-0.15, -0.1) is 0 Å². The van der Waals surface area contributed by atoms with Crippen LogP contribution in [0.5, 0.6) is 5.75 Å². The first-order valence-corrected chi connectivity index (χ1v) is 5.17. The Hall–Kier alpha value is -2.36. The number of halogens is 3. The van der Waals surface area contributed by atoms with Crippen LogP contribution in [0, 0.1) is 10.1 Å². The van der Waals surface area contributed by atoms with E-state index in [1.54, 1.807) is 5.48 Å². The van der Waals surface area contributed by atoms with Crippen LogP contribution in [0.2, 0.25) is 0 Å². The largest absolute Gasteiger partial charge is 0.507 e. The number of amides is 1. The summed E-state index contributed by atoms with van der Waals surface area (Å²) in [6, 6.07) is 2.66. The lowest BCUT2D eigenvalue weighted by Gasteiger charge is -2.08. The standard InChI is InChI=1S/C10H9F3N2O5/c11-10(12,13)3-4-20-14-9(17)7-5-6(15(18)19)1-2-8(7)16/h1-2,5,16H,3-4H2,(H,14,17). The van der Waals surface area contributed by atoms with E-state index in [-0.39, 0.29) is 0 Å². The predicted octanol–water partition coefficient (Wildman–Crippen LogP) is 1.91. The molecule has 0 heterocycles. The maximum atomic E-state index is 11.8. The number of nitrogens with zero attached hydrogens (tertiary/aromatic N) is 1. The number of carbonyl (C=O) groups is 1. The van der Waals surface area contributed by atoms with Gasteiger partial charge in [0.1, 0.15) is 5.75 Å². The highest BCUT2D eigenvalue weighted by Gasteiger charge is 2.27. The number of hydroxylamine groups is 1. The van der Waals surface area contributed by atoms with Gasteiger partial charge in [-0.1, -0.05) is 0 Å². The molecule has 1 amide bonds. The fourth-order valence-corrected chi connectivity index (χ4v) is 1.16. The minimum atomic E-state index is -4.43. The number of hydrogen-bond acceptors (Lipinski definition) is 5. The van der Waals surface area contributed by atoms with E-state index in [1.807, 2.05) is 0 Å². The zero-order valence-corrected chi connectivity index (χ0v) is 9.81. The van der Waals surface area contributed by atoms with Crippen LogP contribution in [0.25, 0.3) is 0 Å². The van der Waals surface area contributed by atoms with Crippen LogP contribution in [0.3, 0.4) is 0 Å². The van der Waals surface area contributed by atoms with Crippen molar-refractivity contribution in [1.82, 2.24) is 5.48 Å². The highest BCUT2D eigenvalue weighted by molar-refractivity contribution is 5.96. The van der Waals surface area contributed by atoms with Crippen molar-refractivity contribution in [2.75, 3.05) is 6.61 Å². The summed E-state index contributed by atoms with van der Waals surface area (Å²) in [6.07, 6.45) is -5.70. The highest BCUT2D eigenvalue weighted by Crippen LogP contribution is 2.23. The molecule has 20 heavy (non-hydrogen) atoms. The fraction of sp³-hybridized carbons (Fsp3) is 0.300. The molecule has 0 spiro atoms. The number of phenols is 1. The van der Waals surface area contributed by atoms with Gasteiger partial charge in [0, 0.05) is 12.1 Å². The van der Waals surface area contributed by atoms with Crippen molar-refractivity contribution in [2.24, 2.45) is 0 Å². The molecule has 10 heteroatoms. The summed E-state index contributed by atoms with van der Waals surface area (Å²) in [5, 5.41) is 19.8. The zero-order valence-electron chi connectivity index (χ0n) is 9.81. The second kappa shape index (κ2) is 6.19. The first-order valence-electron chi connectivity index (χ1n) is 5.17. The monoisotopic (exact) mass is 294 g/mol. The Morgan fingerprint density at radius 3 is 2.65 bits per heavy atom. The molecular weight excluding hydrogens is 285 g/mol. The van der Waals surface area contributed by atoms with E-state index in [9.17, 15) is 33.2 Å². The Kier molecular flexibility index (Phi) is 4.86. The first kappa shape index (κ1) is 15.7. The van der Waals surface area contributed by atoms with E-state index in [4.69, 9.17) is 0 Å². The number of rotatable bonds is 5. The number of non-ortho nitro benzene ring substituents is 1. The van der Waals surface area contributed by atoms with Crippen molar-refractivity contribution in [3.63, 3.8) is 0 Å². The molecule has 1 aromatic carbocycles. The number of nitrogens with one attached hydrogen (secondary N) is 1. The molecule has 0 radical (unpaired) electrons. The topological polar surface area (TPSA) is 102 Å². The van der Waals surface area contributed by atoms with Crippen LogP contribution in [0.4, 0.5) is 18.9 Å². The second-order valence-corrected chi connectivity index (χ2v) is 3.60. The minimum absolute atomic E-state index is 0.455. The van der Waals surface area contributed by atoms with Crippen LogP contribution in [0.1, 0.15) is 16.8 Å². The van der Waals surface area contributed by atoms with Gasteiger partial charge in [0.15, 0.2) is 0 Å². The third-order valence-corrected chi connectivity index (χ3v) is 2.09. The molecule has 0 saturated carbocycles. The van der Waals surface area contributed by atoms with Crippen molar-refractivity contribution in [1.29, 1.82) is 0 Å². The molecule has 0 aliphatic carbocycles. The molecule has 0 fully saturated rings. The molecule has 0 aliphatic heterocycles. The quantitative estimate of drug-likeness (QED) is 0.490. The highest BCUT2D eigenvalue weighted by atomic mass is 19.4. The smallest absolute Gasteiger partial charge is 0.391 e. The van der Waals surface area contributed by atoms with Crippen LogP contribution < -0.4 is 5.48 Å². The van der Waals surface area contributed by atoms with Gasteiger partial charge in [-0.25, -0.2) is 5.48 Å². The predicted molar refractivity (Wildman–Crippen MR) is 58.9 cm³/mol. The Bertz CT molecular complexity index is 518. The van der Waals surface area contributed by atoms with E-state index in [0.717, 1.165) is 18.2 Å². The minimum Gasteiger partial charge on any atom is -0.507 e. The maximum absolute atomic E-state index is 11.8. The third-order valence-electron chi connectivity index (χ3n) is 2.09. The molecule has 110 valence electrons. The molecule has 0 unspecified atom stereocenters. The average Bonchev–Trinajstić information content (AvgIpc) is 2.33. The number of aromatic hydroxyl groups is 1. The SMILES string of the molecule is O=C(NOCCC(F)(F)F)c1cc([N+](=O)[O-])ccc1O. The Morgan fingerprint density at radius 2 is 2.10 bits per heavy atom. The lowest BCUT2D eigenvalue weighted by atomic mass is 10.1. The van der Waals surface area contributed by atoms with Crippen LogP contribution in [0.15, 0.2) is 18.2 Å². The Morgan fingerprint density at radius 1 is 1.45 bits per heavy atom. The van der Waals surface area contributed by atoms with Gasteiger partial charge >= 0.3 is 6.18 Å². The summed E-state index contributed by atoms with van der Waals surface area (Å²) in [5.41, 5.74) is 0.721. The van der Waals surface area contributed by atoms with Gasteiger partial charge in [-0.3, -0.25) is 19.7 Å². The van der Waals surface area contributed by atoms with Crippen molar-refractivity contribution >= 4 is 11.6 Å². The van der Waals surface area contributed by atoms with Gasteiger partial charge in [-0.05, 0) is 6.07 Å². The summed E-state index contributed by atoms with van der Waals surface area (Å²) in [6.45, 7) is -0.815. The lowest BCUT2D eigenvalue weighted by Crippen LogP contribution is -2.26. The van der Waals surface area contributed by atoms with Gasteiger partial charge in [0.05, 0.1) is 23.5 Å². The van der Waals surface area contributed by atoms with Gasteiger partial charge in [0.25, 0.3) is 11.6 Å². The molecule has 1 rings (SSSR count). The molecule has 0 aliphatic rings. The molecule has 0 saturated heterocycles.